The summed E-state index contributed by atoms with van der Waals surface area (Å²) in [5.41, 5.74) is 3.02. The van der Waals surface area contributed by atoms with Crippen molar-refractivity contribution in [3.8, 4) is 0 Å². The molecule has 0 aromatic heterocycles. The van der Waals surface area contributed by atoms with Crippen LogP contribution in [-0.4, -0.2) is 43.1 Å². The van der Waals surface area contributed by atoms with Gasteiger partial charge in [0.1, 0.15) is 0 Å². The fourth-order valence-electron chi connectivity index (χ4n) is 3.39. The van der Waals surface area contributed by atoms with E-state index in [0.29, 0.717) is 12.1 Å². The maximum atomic E-state index is 3.57. The van der Waals surface area contributed by atoms with Crippen molar-refractivity contribution in [1.29, 1.82) is 0 Å². The Morgan fingerprint density at radius 1 is 1.35 bits per heavy atom. The van der Waals surface area contributed by atoms with E-state index in [1.807, 2.05) is 0 Å². The highest BCUT2D eigenvalue weighted by Gasteiger charge is 2.29. The van der Waals surface area contributed by atoms with Crippen LogP contribution in [-0.2, 0) is 0 Å². The summed E-state index contributed by atoms with van der Waals surface area (Å²) in [7, 11) is 4.37. The molecule has 2 nitrogen and oxygen atoms in total. The van der Waals surface area contributed by atoms with Crippen molar-refractivity contribution in [2.75, 3.05) is 32.1 Å². The van der Waals surface area contributed by atoms with Gasteiger partial charge in [-0.3, -0.25) is 4.90 Å². The van der Waals surface area contributed by atoms with E-state index in [9.17, 15) is 0 Å². The zero-order chi connectivity index (χ0) is 13.9. The van der Waals surface area contributed by atoms with Crippen molar-refractivity contribution in [2.24, 2.45) is 0 Å². The molecule has 1 aromatic carbocycles. The summed E-state index contributed by atoms with van der Waals surface area (Å²) < 4.78 is 0. The van der Waals surface area contributed by atoms with E-state index in [-0.39, 0.29) is 0 Å². The molecule has 20 heavy (non-hydrogen) atoms. The first-order valence-corrected chi connectivity index (χ1v) is 9.00. The van der Waals surface area contributed by atoms with Gasteiger partial charge in [0.15, 0.2) is 0 Å². The van der Waals surface area contributed by atoms with E-state index >= 15 is 0 Å². The number of hydrogen-bond donors (Lipinski definition) is 1. The molecule has 3 heteroatoms. The molecule has 0 amide bonds. The molecule has 0 bridgehead atoms. The van der Waals surface area contributed by atoms with Gasteiger partial charge in [-0.25, -0.2) is 0 Å². The summed E-state index contributed by atoms with van der Waals surface area (Å²) in [5.74, 6) is 3.33. The van der Waals surface area contributed by atoms with Crippen molar-refractivity contribution >= 4 is 11.8 Å². The van der Waals surface area contributed by atoms with Crippen LogP contribution in [0.25, 0.3) is 0 Å². The van der Waals surface area contributed by atoms with Crippen LogP contribution in [0.2, 0.25) is 0 Å². The van der Waals surface area contributed by atoms with Crippen molar-refractivity contribution in [1.82, 2.24) is 10.2 Å². The Morgan fingerprint density at radius 2 is 2.20 bits per heavy atom. The van der Waals surface area contributed by atoms with Gasteiger partial charge in [0, 0.05) is 30.1 Å². The molecule has 1 aliphatic heterocycles. The van der Waals surface area contributed by atoms with E-state index in [1.165, 1.54) is 42.9 Å². The lowest BCUT2D eigenvalue weighted by molar-refractivity contribution is 0.221. The van der Waals surface area contributed by atoms with Gasteiger partial charge in [0.25, 0.3) is 0 Å². The molecule has 1 saturated carbocycles. The van der Waals surface area contributed by atoms with Crippen LogP contribution >= 0.6 is 11.8 Å². The van der Waals surface area contributed by atoms with Gasteiger partial charge >= 0.3 is 0 Å². The highest BCUT2D eigenvalue weighted by atomic mass is 32.2. The van der Waals surface area contributed by atoms with Crippen LogP contribution in [0, 0.1) is 0 Å². The van der Waals surface area contributed by atoms with Gasteiger partial charge in [0.2, 0.25) is 0 Å². The van der Waals surface area contributed by atoms with E-state index < -0.39 is 0 Å². The van der Waals surface area contributed by atoms with Crippen LogP contribution in [0.4, 0.5) is 0 Å². The van der Waals surface area contributed by atoms with Crippen molar-refractivity contribution in [3.05, 3.63) is 35.4 Å². The molecule has 2 aliphatic rings. The average Bonchev–Trinajstić information content (AvgIpc) is 2.40. The number of nitrogens with zero attached hydrogens (tertiary/aromatic N) is 1. The minimum atomic E-state index is 0.452. The minimum absolute atomic E-state index is 0.452. The van der Waals surface area contributed by atoms with E-state index in [4.69, 9.17) is 0 Å². The molecule has 0 radical (unpaired) electrons. The van der Waals surface area contributed by atoms with Gasteiger partial charge in [-0.2, -0.15) is 11.8 Å². The Morgan fingerprint density at radius 3 is 2.85 bits per heavy atom. The zero-order valence-electron chi connectivity index (χ0n) is 12.6. The predicted molar refractivity (Wildman–Crippen MR) is 88.6 cm³/mol. The first-order chi connectivity index (χ1) is 9.79. The van der Waals surface area contributed by atoms with Gasteiger partial charge in [-0.15, -0.1) is 0 Å². The number of thioether (sulfide) groups is 1. The van der Waals surface area contributed by atoms with E-state index in [2.05, 4.69) is 60.3 Å². The topological polar surface area (TPSA) is 15.3 Å². The van der Waals surface area contributed by atoms with Gasteiger partial charge in [0.05, 0.1) is 0 Å². The quantitative estimate of drug-likeness (QED) is 0.916. The van der Waals surface area contributed by atoms with Gasteiger partial charge in [-0.1, -0.05) is 30.7 Å². The number of nitrogens with one attached hydrogen (secondary N) is 1. The van der Waals surface area contributed by atoms with Gasteiger partial charge < -0.3 is 5.32 Å². The fourth-order valence-corrected chi connectivity index (χ4v) is 4.66. The average molecular weight is 290 g/mol. The molecule has 3 rings (SSSR count). The van der Waals surface area contributed by atoms with Crippen LogP contribution in [0.1, 0.15) is 42.3 Å². The highest BCUT2D eigenvalue weighted by molar-refractivity contribution is 7.99. The third-order valence-electron chi connectivity index (χ3n) is 4.99. The summed E-state index contributed by atoms with van der Waals surface area (Å²) in [6.45, 7) is 1.20. The Bertz CT molecular complexity index is 444. The summed E-state index contributed by atoms with van der Waals surface area (Å²) in [6, 6.07) is 10.4. The summed E-state index contributed by atoms with van der Waals surface area (Å²) in [6.07, 6.45) is 4.17. The molecular weight excluding hydrogens is 264 g/mol. The monoisotopic (exact) mass is 290 g/mol. The first-order valence-electron chi connectivity index (χ1n) is 7.84. The standard InChI is InChI=1S/C17H26N2S/c1-18-17(16-12-20-10-9-19(16)2)15-8-4-7-14(11-15)13-5-3-6-13/h4,7-8,11,13,16-18H,3,5-6,9-10,12H2,1-2H3. The molecule has 0 spiro atoms. The number of rotatable bonds is 4. The van der Waals surface area contributed by atoms with Crippen LogP contribution in [0.5, 0.6) is 0 Å². The number of hydrogen-bond acceptors (Lipinski definition) is 3. The lowest BCUT2D eigenvalue weighted by atomic mass is 9.79. The SMILES string of the molecule is CNC(c1cccc(C2CCC2)c1)C1CSCCN1C. The smallest absolute Gasteiger partial charge is 0.0483 e. The Labute approximate surface area is 127 Å². The molecule has 1 aliphatic carbocycles. The number of likely N-dealkylation sites (N-methyl/N-ethyl adjacent to an activating group) is 2. The summed E-state index contributed by atoms with van der Waals surface area (Å²) in [4.78, 5) is 2.52. The Kier molecular flexibility index (Phi) is 4.69. The lowest BCUT2D eigenvalue weighted by Crippen LogP contribution is -2.47. The molecule has 1 heterocycles. The highest BCUT2D eigenvalue weighted by Crippen LogP contribution is 2.37. The zero-order valence-corrected chi connectivity index (χ0v) is 13.5. The molecule has 2 unspecified atom stereocenters. The molecule has 1 saturated heterocycles. The fraction of sp³-hybridized carbons (Fsp3) is 0.647. The maximum absolute atomic E-state index is 3.57. The van der Waals surface area contributed by atoms with Crippen LogP contribution in [0.15, 0.2) is 24.3 Å². The molecule has 1 aromatic rings. The molecule has 110 valence electrons. The molecule has 2 fully saturated rings. The minimum Gasteiger partial charge on any atom is -0.312 e. The van der Waals surface area contributed by atoms with Crippen LogP contribution < -0.4 is 5.32 Å². The second-order valence-corrected chi connectivity index (χ2v) is 7.34. The van der Waals surface area contributed by atoms with Crippen molar-refractivity contribution < 1.29 is 0 Å². The first kappa shape index (κ1) is 14.4. The molecular formula is C17H26N2S. The maximum Gasteiger partial charge on any atom is 0.0483 e. The summed E-state index contributed by atoms with van der Waals surface area (Å²) >= 11 is 2.09. The summed E-state index contributed by atoms with van der Waals surface area (Å²) in [5, 5.41) is 3.57. The Balaban J connectivity index is 1.80. The van der Waals surface area contributed by atoms with Crippen molar-refractivity contribution in [3.63, 3.8) is 0 Å². The van der Waals surface area contributed by atoms with Crippen LogP contribution in [0.3, 0.4) is 0 Å². The van der Waals surface area contributed by atoms with Crippen molar-refractivity contribution in [2.45, 2.75) is 37.3 Å². The largest absolute Gasteiger partial charge is 0.312 e. The van der Waals surface area contributed by atoms with Gasteiger partial charge in [-0.05, 0) is 44.0 Å². The third-order valence-corrected chi connectivity index (χ3v) is 6.03. The Hall–Kier alpha value is -0.510. The molecule has 1 N–H and O–H groups in total. The predicted octanol–water partition coefficient (Wildman–Crippen LogP) is 3.26. The second kappa shape index (κ2) is 6.50. The second-order valence-electron chi connectivity index (χ2n) is 6.19. The lowest BCUT2D eigenvalue weighted by Gasteiger charge is -2.38. The van der Waals surface area contributed by atoms with E-state index in [0.717, 1.165) is 5.92 Å². The third kappa shape index (κ3) is 2.90. The van der Waals surface area contributed by atoms with E-state index in [1.54, 1.807) is 5.56 Å². The normalized spacial score (nSPS) is 26.2. The molecule has 2 atom stereocenters. The number of benzene rings is 1.